The van der Waals surface area contributed by atoms with Crippen molar-refractivity contribution in [1.29, 1.82) is 0 Å². The lowest BCUT2D eigenvalue weighted by atomic mass is 9.97. The zero-order valence-corrected chi connectivity index (χ0v) is 16.8. The van der Waals surface area contributed by atoms with Gasteiger partial charge >= 0.3 is 5.97 Å². The number of benzene rings is 1. The van der Waals surface area contributed by atoms with Crippen molar-refractivity contribution in [2.24, 2.45) is 5.92 Å². The van der Waals surface area contributed by atoms with Gasteiger partial charge in [0.05, 0.1) is 11.6 Å². The number of halogens is 4. The third-order valence-corrected chi connectivity index (χ3v) is 5.68. The first-order valence-corrected chi connectivity index (χ1v) is 8.26. The van der Waals surface area contributed by atoms with E-state index in [0.29, 0.717) is 12.8 Å². The fraction of sp³-hybridized carbons (Fsp3) is 0.364. The molecule has 0 fully saturated rings. The Hall–Kier alpha value is 0.970. The fourth-order valence-corrected chi connectivity index (χ4v) is 5.30. The van der Waals surface area contributed by atoms with Crippen molar-refractivity contribution < 1.29 is 9.90 Å². The Bertz CT molecular complexity index is 454. The van der Waals surface area contributed by atoms with Crippen LogP contribution in [0, 0.1) is 16.6 Å². The summed E-state index contributed by atoms with van der Waals surface area (Å²) >= 11 is 6.64. The molecule has 3 N–H and O–H groups in total. The Morgan fingerprint density at radius 3 is 2.39 bits per heavy atom. The van der Waals surface area contributed by atoms with Gasteiger partial charge in [-0.3, -0.25) is 4.79 Å². The van der Waals surface area contributed by atoms with Gasteiger partial charge in [0.2, 0.25) is 0 Å². The van der Waals surface area contributed by atoms with Gasteiger partial charge in [-0.05, 0) is 92.2 Å². The first-order valence-electron chi connectivity index (χ1n) is 5.03. The maximum Gasteiger partial charge on any atom is 0.306 e. The molecule has 0 saturated heterocycles. The summed E-state index contributed by atoms with van der Waals surface area (Å²) in [5, 5.41) is 9.10. The van der Waals surface area contributed by atoms with Crippen molar-refractivity contribution in [3.05, 3.63) is 22.3 Å². The summed E-state index contributed by atoms with van der Waals surface area (Å²) in [4.78, 5) is 11.1. The van der Waals surface area contributed by atoms with Crippen molar-refractivity contribution in [3.63, 3.8) is 0 Å². The third kappa shape index (κ3) is 4.51. The standard InChI is InChI=1S/C11H12I3NO2.ClH/c1-2-5(11(16)17)3-6-7(12)4-8(13)10(15)9(6)14;/h4-5H,2-3,15H2,1H3,(H,16,17);1H. The second-order valence-electron chi connectivity index (χ2n) is 3.69. The van der Waals surface area contributed by atoms with Gasteiger partial charge < -0.3 is 10.8 Å². The molecule has 0 spiro atoms. The molecule has 0 aliphatic heterocycles. The van der Waals surface area contributed by atoms with Crippen LogP contribution in [0.5, 0.6) is 0 Å². The summed E-state index contributed by atoms with van der Waals surface area (Å²) in [6, 6.07) is 2.00. The Morgan fingerprint density at radius 2 is 1.94 bits per heavy atom. The molecular weight excluding hydrogens is 594 g/mol. The zero-order chi connectivity index (χ0) is 13.2. The van der Waals surface area contributed by atoms with Gasteiger partial charge in [0.25, 0.3) is 0 Å². The number of nitrogen functional groups attached to an aromatic ring is 1. The van der Waals surface area contributed by atoms with Crippen LogP contribution in [0.15, 0.2) is 6.07 Å². The largest absolute Gasteiger partial charge is 0.481 e. The lowest BCUT2D eigenvalue weighted by molar-refractivity contribution is -0.141. The molecule has 7 heteroatoms. The van der Waals surface area contributed by atoms with Crippen LogP contribution in [0.2, 0.25) is 0 Å². The SMILES string of the molecule is CCC(Cc1c(I)cc(I)c(N)c1I)C(=O)O.Cl. The minimum atomic E-state index is -0.740. The summed E-state index contributed by atoms with van der Waals surface area (Å²) in [6.45, 7) is 1.90. The van der Waals surface area contributed by atoms with Gasteiger partial charge in [-0.2, -0.15) is 0 Å². The molecule has 1 atom stereocenters. The summed E-state index contributed by atoms with van der Waals surface area (Å²) in [7, 11) is 0. The smallest absolute Gasteiger partial charge is 0.306 e. The van der Waals surface area contributed by atoms with E-state index in [1.54, 1.807) is 0 Å². The molecule has 0 aliphatic carbocycles. The topological polar surface area (TPSA) is 63.3 Å². The minimum absolute atomic E-state index is 0. The van der Waals surface area contributed by atoms with Crippen molar-refractivity contribution in [1.82, 2.24) is 0 Å². The van der Waals surface area contributed by atoms with Crippen LogP contribution >= 0.6 is 80.2 Å². The number of hydrogen-bond donors (Lipinski definition) is 2. The number of nitrogens with two attached hydrogens (primary N) is 1. The van der Waals surface area contributed by atoms with Gasteiger partial charge in [0, 0.05) is 10.7 Å². The highest BCUT2D eigenvalue weighted by molar-refractivity contribution is 14.1. The monoisotopic (exact) mass is 607 g/mol. The lowest BCUT2D eigenvalue weighted by Gasteiger charge is -2.15. The van der Waals surface area contributed by atoms with E-state index in [-0.39, 0.29) is 18.3 Å². The van der Waals surface area contributed by atoms with E-state index < -0.39 is 5.97 Å². The molecule has 0 heterocycles. The lowest BCUT2D eigenvalue weighted by Crippen LogP contribution is -2.17. The highest BCUT2D eigenvalue weighted by Gasteiger charge is 2.20. The molecule has 1 rings (SSSR count). The second kappa shape index (κ2) is 8.30. The van der Waals surface area contributed by atoms with Gasteiger partial charge in [0.15, 0.2) is 0 Å². The average Bonchev–Trinajstić information content (AvgIpc) is 2.26. The molecule has 0 aliphatic rings. The van der Waals surface area contributed by atoms with E-state index in [0.717, 1.165) is 22.0 Å². The van der Waals surface area contributed by atoms with Crippen LogP contribution in [0.1, 0.15) is 18.9 Å². The number of rotatable bonds is 4. The maximum atomic E-state index is 11.1. The molecule has 1 aromatic carbocycles. The van der Waals surface area contributed by atoms with Crippen LogP contribution < -0.4 is 5.73 Å². The average molecular weight is 607 g/mol. The summed E-state index contributed by atoms with van der Waals surface area (Å²) < 4.78 is 3.09. The first-order chi connectivity index (χ1) is 7.88. The Kier molecular flexibility index (Phi) is 8.75. The minimum Gasteiger partial charge on any atom is -0.481 e. The molecule has 1 aromatic rings. The van der Waals surface area contributed by atoms with Gasteiger partial charge in [-0.25, -0.2) is 0 Å². The Balaban J connectivity index is 0.00000289. The van der Waals surface area contributed by atoms with Gasteiger partial charge in [0.1, 0.15) is 0 Å². The van der Waals surface area contributed by atoms with Crippen LogP contribution in [-0.2, 0) is 11.2 Å². The van der Waals surface area contributed by atoms with E-state index in [9.17, 15) is 4.79 Å². The molecule has 0 bridgehead atoms. The van der Waals surface area contributed by atoms with E-state index in [1.807, 2.05) is 13.0 Å². The number of anilines is 1. The summed E-state index contributed by atoms with van der Waals surface area (Å²) in [6.07, 6.45) is 1.18. The van der Waals surface area contributed by atoms with Gasteiger partial charge in [-0.1, -0.05) is 6.92 Å². The summed E-state index contributed by atoms with van der Waals surface area (Å²) in [5.74, 6) is -1.08. The third-order valence-electron chi connectivity index (χ3n) is 2.59. The number of hydrogen-bond acceptors (Lipinski definition) is 2. The first kappa shape index (κ1) is 19.0. The van der Waals surface area contributed by atoms with E-state index in [2.05, 4.69) is 67.8 Å². The fourth-order valence-electron chi connectivity index (χ4n) is 1.49. The quantitative estimate of drug-likeness (QED) is 0.400. The number of carboxylic acid groups (broad SMARTS) is 1. The van der Waals surface area contributed by atoms with E-state index in [4.69, 9.17) is 10.8 Å². The second-order valence-corrected chi connectivity index (χ2v) is 7.10. The normalized spacial score (nSPS) is 11.8. The van der Waals surface area contributed by atoms with Crippen molar-refractivity contribution in [2.45, 2.75) is 19.8 Å². The number of carbonyl (C=O) groups is 1. The Morgan fingerprint density at radius 1 is 1.39 bits per heavy atom. The molecule has 1 unspecified atom stereocenters. The van der Waals surface area contributed by atoms with Crippen LogP contribution in [0.3, 0.4) is 0 Å². The van der Waals surface area contributed by atoms with Crippen LogP contribution in [-0.4, -0.2) is 11.1 Å². The molecule has 0 saturated carbocycles. The Labute approximate surface area is 153 Å². The van der Waals surface area contributed by atoms with E-state index in [1.165, 1.54) is 0 Å². The number of carboxylic acids is 1. The van der Waals surface area contributed by atoms with Gasteiger partial charge in [-0.15, -0.1) is 12.4 Å². The molecule has 0 aromatic heterocycles. The van der Waals surface area contributed by atoms with Crippen molar-refractivity contribution >= 4 is 91.8 Å². The molecule has 3 nitrogen and oxygen atoms in total. The molecule has 0 amide bonds. The predicted octanol–water partition coefficient (Wildman–Crippen LogP) is 4.16. The van der Waals surface area contributed by atoms with Crippen LogP contribution in [0.4, 0.5) is 5.69 Å². The predicted molar refractivity (Wildman–Crippen MR) is 101 cm³/mol. The zero-order valence-electron chi connectivity index (χ0n) is 9.54. The molecule has 102 valence electrons. The van der Waals surface area contributed by atoms with E-state index >= 15 is 0 Å². The molecule has 18 heavy (non-hydrogen) atoms. The van der Waals surface area contributed by atoms with Crippen molar-refractivity contribution in [3.8, 4) is 0 Å². The van der Waals surface area contributed by atoms with Crippen LogP contribution in [0.25, 0.3) is 0 Å². The highest BCUT2D eigenvalue weighted by atomic mass is 127. The molecular formula is C11H13ClI3NO2. The summed E-state index contributed by atoms with van der Waals surface area (Å²) in [5.41, 5.74) is 7.78. The number of aliphatic carboxylic acids is 1. The van der Waals surface area contributed by atoms with Crippen molar-refractivity contribution in [2.75, 3.05) is 5.73 Å². The highest BCUT2D eigenvalue weighted by Crippen LogP contribution is 2.31. The maximum absolute atomic E-state index is 11.1. The molecule has 0 radical (unpaired) electrons.